The summed E-state index contributed by atoms with van der Waals surface area (Å²) >= 11 is 0. The van der Waals surface area contributed by atoms with Gasteiger partial charge in [-0.2, -0.15) is 0 Å². The fourth-order valence-electron chi connectivity index (χ4n) is 1.84. The van der Waals surface area contributed by atoms with E-state index >= 15 is 0 Å². The number of benzene rings is 2. The summed E-state index contributed by atoms with van der Waals surface area (Å²) in [6, 6.07) is 17.3. The van der Waals surface area contributed by atoms with E-state index < -0.39 is 6.10 Å². The summed E-state index contributed by atoms with van der Waals surface area (Å²) in [6.45, 7) is 3.77. The summed E-state index contributed by atoms with van der Waals surface area (Å²) < 4.78 is 0. The highest BCUT2D eigenvalue weighted by Crippen LogP contribution is 2.07. The molecule has 0 aliphatic rings. The number of hydrogen-bond donors (Lipinski definition) is 1. The summed E-state index contributed by atoms with van der Waals surface area (Å²) in [6.07, 6.45) is 1.95. The van der Waals surface area contributed by atoms with Gasteiger partial charge >= 0.3 is 0 Å². The molecule has 0 spiro atoms. The van der Waals surface area contributed by atoms with Gasteiger partial charge in [-0.25, -0.2) is 0 Å². The fourth-order valence-corrected chi connectivity index (χ4v) is 1.84. The van der Waals surface area contributed by atoms with E-state index in [0.29, 0.717) is 0 Å². The first-order valence-corrected chi connectivity index (χ1v) is 7.33. The lowest BCUT2D eigenvalue weighted by molar-refractivity contribution is -0.126. The first-order valence-electron chi connectivity index (χ1n) is 7.33. The first kappa shape index (κ1) is 15.8. The summed E-state index contributed by atoms with van der Waals surface area (Å²) in [5.74, 6) is -0.232. The van der Waals surface area contributed by atoms with E-state index in [9.17, 15) is 4.79 Å². The molecule has 2 rings (SSSR count). The molecule has 0 bridgehead atoms. The minimum atomic E-state index is -0.661. The van der Waals surface area contributed by atoms with Gasteiger partial charge in [-0.3, -0.25) is 4.79 Å². The lowest BCUT2D eigenvalue weighted by Crippen LogP contribution is -2.26. The average Bonchev–Trinajstić information content (AvgIpc) is 2.56. The Balaban J connectivity index is 1.84. The van der Waals surface area contributed by atoms with Crippen molar-refractivity contribution in [3.05, 3.63) is 65.7 Å². The normalized spacial score (nSPS) is 12.1. The highest BCUT2D eigenvalue weighted by Gasteiger charge is 2.13. The van der Waals surface area contributed by atoms with E-state index in [1.165, 1.54) is 5.56 Å². The molecule has 0 heterocycles. The molecule has 22 heavy (non-hydrogen) atoms. The highest BCUT2D eigenvalue weighted by molar-refractivity contribution is 5.93. The molecule has 0 fully saturated rings. The number of aryl methyl sites for hydroxylation is 1. The van der Waals surface area contributed by atoms with Gasteiger partial charge in [-0.15, -0.1) is 0 Å². The highest BCUT2D eigenvalue weighted by atomic mass is 16.6. The predicted molar refractivity (Wildman–Crippen MR) is 89.0 cm³/mol. The van der Waals surface area contributed by atoms with Crippen LogP contribution in [-0.2, 0) is 16.1 Å². The third-order valence-electron chi connectivity index (χ3n) is 3.22. The number of anilines is 1. The van der Waals surface area contributed by atoms with Crippen LogP contribution in [0.1, 0.15) is 25.0 Å². The first-order chi connectivity index (χ1) is 10.7. The van der Waals surface area contributed by atoms with Gasteiger partial charge in [0.25, 0.3) is 5.91 Å². The van der Waals surface area contributed by atoms with Crippen LogP contribution in [0.3, 0.4) is 0 Å². The second-order valence-corrected chi connectivity index (χ2v) is 4.93. The number of rotatable bonds is 6. The van der Waals surface area contributed by atoms with Crippen molar-refractivity contribution in [2.75, 3.05) is 5.32 Å². The largest absolute Gasteiger partial charge is 0.383 e. The van der Waals surface area contributed by atoms with Crippen molar-refractivity contribution in [1.82, 2.24) is 0 Å². The van der Waals surface area contributed by atoms with E-state index in [4.69, 9.17) is 4.84 Å². The Morgan fingerprint density at radius 2 is 1.86 bits per heavy atom. The molecule has 0 aliphatic heterocycles. The Kier molecular flexibility index (Phi) is 5.72. The molecule has 114 valence electrons. The van der Waals surface area contributed by atoms with Crippen LogP contribution in [0.15, 0.2) is 59.8 Å². The standard InChI is InChI=1S/C18H20N2O2/c1-3-15-9-11-16(12-10-15)13-19-22-14(2)18(21)20-17-7-5-4-6-8-17/h4-14H,3H2,1-2H3,(H,20,21)/b19-13-/t14-/m1/s1. The molecular formula is C18H20N2O2. The Bertz CT molecular complexity index is 621. The van der Waals surface area contributed by atoms with Crippen LogP contribution in [0.2, 0.25) is 0 Å². The molecular weight excluding hydrogens is 276 g/mol. The molecule has 0 unspecified atom stereocenters. The van der Waals surface area contributed by atoms with E-state index in [2.05, 4.69) is 17.4 Å². The summed E-state index contributed by atoms with van der Waals surface area (Å²) in [4.78, 5) is 17.1. The van der Waals surface area contributed by atoms with E-state index in [1.54, 1.807) is 13.1 Å². The van der Waals surface area contributed by atoms with Gasteiger partial charge in [0.15, 0.2) is 0 Å². The minimum Gasteiger partial charge on any atom is -0.383 e. The summed E-state index contributed by atoms with van der Waals surface area (Å²) in [7, 11) is 0. The lowest BCUT2D eigenvalue weighted by atomic mass is 10.1. The van der Waals surface area contributed by atoms with Crippen LogP contribution in [0, 0.1) is 0 Å². The Morgan fingerprint density at radius 1 is 1.18 bits per heavy atom. The zero-order valence-electron chi connectivity index (χ0n) is 12.8. The zero-order valence-corrected chi connectivity index (χ0v) is 12.8. The van der Waals surface area contributed by atoms with E-state index in [0.717, 1.165) is 17.7 Å². The van der Waals surface area contributed by atoms with Crippen molar-refractivity contribution in [2.45, 2.75) is 26.4 Å². The second kappa shape index (κ2) is 7.98. The molecule has 4 heteroatoms. The molecule has 0 aliphatic carbocycles. The van der Waals surface area contributed by atoms with Gasteiger partial charge in [0, 0.05) is 5.69 Å². The van der Waals surface area contributed by atoms with Gasteiger partial charge in [0.2, 0.25) is 6.10 Å². The van der Waals surface area contributed by atoms with Crippen molar-refractivity contribution >= 4 is 17.8 Å². The van der Waals surface area contributed by atoms with Crippen molar-refractivity contribution in [1.29, 1.82) is 0 Å². The number of hydrogen-bond acceptors (Lipinski definition) is 3. The number of nitrogens with zero attached hydrogens (tertiary/aromatic N) is 1. The number of amides is 1. The van der Waals surface area contributed by atoms with Gasteiger partial charge < -0.3 is 10.2 Å². The molecule has 1 N–H and O–H groups in total. The second-order valence-electron chi connectivity index (χ2n) is 4.93. The monoisotopic (exact) mass is 296 g/mol. The van der Waals surface area contributed by atoms with Crippen LogP contribution in [0.4, 0.5) is 5.69 Å². The van der Waals surface area contributed by atoms with Crippen molar-refractivity contribution in [3.8, 4) is 0 Å². The van der Waals surface area contributed by atoms with Gasteiger partial charge in [-0.05, 0) is 36.6 Å². The summed E-state index contributed by atoms with van der Waals surface area (Å²) in [5.41, 5.74) is 2.95. The predicted octanol–water partition coefficient (Wildman–Crippen LogP) is 3.63. The van der Waals surface area contributed by atoms with Gasteiger partial charge in [-0.1, -0.05) is 54.5 Å². The smallest absolute Gasteiger partial charge is 0.267 e. The van der Waals surface area contributed by atoms with E-state index in [-0.39, 0.29) is 5.91 Å². The molecule has 2 aromatic carbocycles. The Hall–Kier alpha value is -2.62. The zero-order chi connectivity index (χ0) is 15.8. The number of nitrogens with one attached hydrogen (secondary N) is 1. The minimum absolute atomic E-state index is 0.232. The van der Waals surface area contributed by atoms with Crippen molar-refractivity contribution < 1.29 is 9.63 Å². The number of carbonyl (C=O) groups excluding carboxylic acids is 1. The molecule has 0 aromatic heterocycles. The van der Waals surface area contributed by atoms with Crippen LogP contribution in [0.5, 0.6) is 0 Å². The third-order valence-corrected chi connectivity index (χ3v) is 3.22. The molecule has 0 radical (unpaired) electrons. The quantitative estimate of drug-likeness (QED) is 0.653. The maximum absolute atomic E-state index is 11.9. The molecule has 1 amide bonds. The van der Waals surface area contributed by atoms with Gasteiger partial charge in [0.05, 0.1) is 6.21 Å². The number of carbonyl (C=O) groups is 1. The third kappa shape index (κ3) is 4.74. The van der Waals surface area contributed by atoms with Crippen LogP contribution in [0.25, 0.3) is 0 Å². The number of oxime groups is 1. The number of para-hydroxylation sites is 1. The lowest BCUT2D eigenvalue weighted by Gasteiger charge is -2.10. The van der Waals surface area contributed by atoms with E-state index in [1.807, 2.05) is 54.6 Å². The topological polar surface area (TPSA) is 50.7 Å². The molecule has 0 saturated carbocycles. The maximum Gasteiger partial charge on any atom is 0.267 e. The van der Waals surface area contributed by atoms with Crippen molar-refractivity contribution in [3.63, 3.8) is 0 Å². The van der Waals surface area contributed by atoms with Crippen LogP contribution >= 0.6 is 0 Å². The van der Waals surface area contributed by atoms with Crippen LogP contribution < -0.4 is 5.32 Å². The average molecular weight is 296 g/mol. The Labute approximate surface area is 130 Å². The molecule has 1 atom stereocenters. The molecule has 2 aromatic rings. The SMILES string of the molecule is CCc1ccc(/C=N\O[C@H](C)C(=O)Nc2ccccc2)cc1. The van der Waals surface area contributed by atoms with Crippen LogP contribution in [-0.4, -0.2) is 18.2 Å². The molecule has 4 nitrogen and oxygen atoms in total. The fraction of sp³-hybridized carbons (Fsp3) is 0.222. The molecule has 0 saturated heterocycles. The summed E-state index contributed by atoms with van der Waals surface area (Å²) in [5, 5.41) is 6.64. The van der Waals surface area contributed by atoms with Crippen molar-refractivity contribution in [2.24, 2.45) is 5.16 Å². The maximum atomic E-state index is 11.9. The van der Waals surface area contributed by atoms with Gasteiger partial charge in [0.1, 0.15) is 0 Å². The Morgan fingerprint density at radius 3 is 2.50 bits per heavy atom.